The van der Waals surface area contributed by atoms with Crippen LogP contribution in [0.25, 0.3) is 0 Å². The molecule has 0 aliphatic carbocycles. The Morgan fingerprint density at radius 1 is 1.33 bits per heavy atom. The van der Waals surface area contributed by atoms with E-state index >= 15 is 0 Å². The van der Waals surface area contributed by atoms with Crippen molar-refractivity contribution >= 4 is 10.1 Å². The highest BCUT2D eigenvalue weighted by atomic mass is 32.2. The molecule has 0 unspecified atom stereocenters. The molecule has 0 fully saturated rings. The zero-order chi connectivity index (χ0) is 12.1. The lowest BCUT2D eigenvalue weighted by molar-refractivity contribution is -0.0540. The molecule has 3 nitrogen and oxygen atoms in total. The first-order chi connectivity index (χ1) is 6.67. The number of halogens is 3. The maximum Gasteiger partial charge on any atom is 0.523 e. The van der Waals surface area contributed by atoms with Gasteiger partial charge in [0.2, 0.25) is 0 Å². The van der Waals surface area contributed by atoms with E-state index in [1.165, 1.54) is 0 Å². The summed E-state index contributed by atoms with van der Waals surface area (Å²) in [5, 5.41) is 0. The number of hydrogen-bond acceptors (Lipinski definition) is 3. The van der Waals surface area contributed by atoms with E-state index in [9.17, 15) is 21.6 Å². The lowest BCUT2D eigenvalue weighted by atomic mass is 10.2. The first-order valence-corrected chi connectivity index (χ1v) is 5.51. The maximum absolute atomic E-state index is 11.7. The first kappa shape index (κ1) is 14.3. The molecule has 0 atom stereocenters. The van der Waals surface area contributed by atoms with Crippen LogP contribution in [-0.2, 0) is 14.3 Å². The summed E-state index contributed by atoms with van der Waals surface area (Å²) in [6.45, 7) is 3.03. The highest BCUT2D eigenvalue weighted by Crippen LogP contribution is 2.24. The van der Waals surface area contributed by atoms with Crippen LogP contribution in [0.5, 0.6) is 0 Å². The molecular weight excluding hydrogens is 233 g/mol. The van der Waals surface area contributed by atoms with Crippen LogP contribution in [0.4, 0.5) is 13.2 Å². The monoisotopic (exact) mass is 244 g/mol. The molecule has 0 aromatic rings. The molecule has 0 radical (unpaired) electrons. The Balaban J connectivity index is 4.06. The third-order valence-corrected chi connectivity index (χ3v) is 2.18. The molecule has 0 aliphatic rings. The average molecular weight is 244 g/mol. The average Bonchev–Trinajstić information content (AvgIpc) is 2.00. The van der Waals surface area contributed by atoms with Crippen LogP contribution >= 0.6 is 0 Å². The number of hydrogen-bond donors (Lipinski definition) is 0. The highest BCUT2D eigenvalue weighted by Gasteiger charge is 2.47. The minimum absolute atomic E-state index is 0.0481. The number of rotatable bonds is 3. The smallest absolute Gasteiger partial charge is 0.262 e. The maximum atomic E-state index is 11.7. The topological polar surface area (TPSA) is 43.4 Å². The van der Waals surface area contributed by atoms with Crippen molar-refractivity contribution in [2.75, 3.05) is 6.61 Å². The molecular formula is C8H11F3O3S. The minimum Gasteiger partial charge on any atom is -0.262 e. The van der Waals surface area contributed by atoms with E-state index in [0.717, 1.165) is 0 Å². The molecule has 0 saturated carbocycles. The zero-order valence-electron chi connectivity index (χ0n) is 8.26. The Kier molecular flexibility index (Phi) is 5.11. The van der Waals surface area contributed by atoms with Gasteiger partial charge in [-0.3, -0.25) is 4.18 Å². The molecule has 0 aromatic heterocycles. The van der Waals surface area contributed by atoms with Gasteiger partial charge in [-0.1, -0.05) is 13.8 Å². The molecule has 0 saturated heterocycles. The van der Waals surface area contributed by atoms with Gasteiger partial charge in [0.05, 0.1) is 6.61 Å². The summed E-state index contributed by atoms with van der Waals surface area (Å²) in [6.07, 6.45) is -0.0481. The second-order valence-corrected chi connectivity index (χ2v) is 4.55. The van der Waals surface area contributed by atoms with Gasteiger partial charge in [-0.15, -0.1) is 11.8 Å². The molecule has 0 bridgehead atoms. The Hall–Kier alpha value is -0.740. The van der Waals surface area contributed by atoms with Crippen molar-refractivity contribution < 1.29 is 25.8 Å². The fraction of sp³-hybridized carbons (Fsp3) is 0.750. The standard InChI is InChI=1S/C8H11F3O3S/c1-7(2)5-3-4-6-14-15(12,13)8(9,10)11/h7H,4,6H2,1-2H3. The molecule has 0 rings (SSSR count). The van der Waals surface area contributed by atoms with Crippen molar-refractivity contribution in [2.45, 2.75) is 25.8 Å². The van der Waals surface area contributed by atoms with E-state index < -0.39 is 22.2 Å². The normalized spacial score (nSPS) is 12.4. The molecule has 0 aliphatic heterocycles. The van der Waals surface area contributed by atoms with Crippen LogP contribution in [-0.4, -0.2) is 20.5 Å². The van der Waals surface area contributed by atoms with Gasteiger partial charge in [-0.25, -0.2) is 0 Å². The van der Waals surface area contributed by atoms with Crippen LogP contribution in [0.1, 0.15) is 20.3 Å². The lowest BCUT2D eigenvalue weighted by Crippen LogP contribution is -2.25. The summed E-state index contributed by atoms with van der Waals surface area (Å²) < 4.78 is 59.6. The Labute approximate surface area is 86.7 Å². The van der Waals surface area contributed by atoms with E-state index in [2.05, 4.69) is 16.0 Å². The van der Waals surface area contributed by atoms with Gasteiger partial charge in [0.15, 0.2) is 0 Å². The summed E-state index contributed by atoms with van der Waals surface area (Å²) in [5.41, 5.74) is -5.36. The van der Waals surface area contributed by atoms with Crippen molar-refractivity contribution in [3.63, 3.8) is 0 Å². The van der Waals surface area contributed by atoms with E-state index in [1.54, 1.807) is 13.8 Å². The first-order valence-electron chi connectivity index (χ1n) is 4.11. The zero-order valence-corrected chi connectivity index (χ0v) is 9.07. The summed E-state index contributed by atoms with van der Waals surface area (Å²) >= 11 is 0. The van der Waals surface area contributed by atoms with E-state index in [0.29, 0.717) is 0 Å². The summed E-state index contributed by atoms with van der Waals surface area (Å²) in [4.78, 5) is 0. The van der Waals surface area contributed by atoms with Gasteiger partial charge < -0.3 is 0 Å². The lowest BCUT2D eigenvalue weighted by Gasteiger charge is -2.06. The predicted molar refractivity (Wildman–Crippen MR) is 48.2 cm³/mol. The third kappa shape index (κ3) is 5.64. The molecule has 0 amide bonds. The molecule has 7 heteroatoms. The van der Waals surface area contributed by atoms with Crippen molar-refractivity contribution in [2.24, 2.45) is 5.92 Å². The molecule has 15 heavy (non-hydrogen) atoms. The molecule has 0 spiro atoms. The van der Waals surface area contributed by atoms with Gasteiger partial charge in [0.25, 0.3) is 0 Å². The van der Waals surface area contributed by atoms with Crippen LogP contribution in [0.2, 0.25) is 0 Å². The van der Waals surface area contributed by atoms with Crippen molar-refractivity contribution in [1.29, 1.82) is 0 Å². The Bertz CT molecular complexity index is 346. The molecule has 0 aromatic carbocycles. The van der Waals surface area contributed by atoms with Crippen LogP contribution in [0.15, 0.2) is 0 Å². The van der Waals surface area contributed by atoms with Gasteiger partial charge in [-0.2, -0.15) is 21.6 Å². The predicted octanol–water partition coefficient (Wildman–Crippen LogP) is 1.90. The van der Waals surface area contributed by atoms with Gasteiger partial charge >= 0.3 is 15.6 Å². The van der Waals surface area contributed by atoms with Crippen molar-refractivity contribution in [3.05, 3.63) is 0 Å². The second kappa shape index (κ2) is 5.37. The third-order valence-electron chi connectivity index (χ3n) is 1.14. The summed E-state index contributed by atoms with van der Waals surface area (Å²) in [7, 11) is -5.47. The molecule has 0 N–H and O–H groups in total. The second-order valence-electron chi connectivity index (χ2n) is 2.95. The van der Waals surface area contributed by atoms with Gasteiger partial charge in [-0.05, 0) is 0 Å². The fourth-order valence-electron chi connectivity index (χ4n) is 0.546. The SMILES string of the molecule is CC(C)C#CCCOS(=O)(=O)C(F)(F)F. The van der Waals surface area contributed by atoms with E-state index in [-0.39, 0.29) is 12.3 Å². The largest absolute Gasteiger partial charge is 0.523 e. The van der Waals surface area contributed by atoms with E-state index in [1.807, 2.05) is 0 Å². The summed E-state index contributed by atoms with van der Waals surface area (Å²) in [6, 6.07) is 0. The molecule has 88 valence electrons. The van der Waals surface area contributed by atoms with Crippen LogP contribution < -0.4 is 0 Å². The van der Waals surface area contributed by atoms with Crippen molar-refractivity contribution in [3.8, 4) is 11.8 Å². The van der Waals surface area contributed by atoms with Crippen molar-refractivity contribution in [1.82, 2.24) is 0 Å². The fourth-order valence-corrected chi connectivity index (χ4v) is 0.982. The Morgan fingerprint density at radius 3 is 2.27 bits per heavy atom. The quantitative estimate of drug-likeness (QED) is 0.329. The highest BCUT2D eigenvalue weighted by molar-refractivity contribution is 7.87. The van der Waals surface area contributed by atoms with Gasteiger partial charge in [0, 0.05) is 12.3 Å². The number of alkyl halides is 3. The van der Waals surface area contributed by atoms with Crippen LogP contribution in [0, 0.1) is 17.8 Å². The van der Waals surface area contributed by atoms with Gasteiger partial charge in [0.1, 0.15) is 0 Å². The minimum atomic E-state index is -5.47. The van der Waals surface area contributed by atoms with E-state index in [4.69, 9.17) is 0 Å². The van der Waals surface area contributed by atoms with Crippen LogP contribution in [0.3, 0.4) is 0 Å². The summed E-state index contributed by atoms with van der Waals surface area (Å²) in [5.74, 6) is 5.25. The molecule has 0 heterocycles. The Morgan fingerprint density at radius 2 is 1.87 bits per heavy atom.